The maximum atomic E-state index is 13.1. The third-order valence-corrected chi connectivity index (χ3v) is 1.97. The quantitative estimate of drug-likeness (QED) is 0.550. The molecule has 0 heterocycles. The number of alkyl halides is 1. The lowest BCUT2D eigenvalue weighted by Gasteiger charge is -2.00. The Morgan fingerprint density at radius 2 is 2.08 bits per heavy atom. The Labute approximate surface area is 73.2 Å². The van der Waals surface area contributed by atoms with Crippen LogP contribution in [0, 0.1) is 11.8 Å². The number of hydrogen-bond donors (Lipinski definition) is 0. The van der Waals surface area contributed by atoms with Crippen LogP contribution in [-0.2, 0) is 0 Å². The van der Waals surface area contributed by atoms with E-state index in [1.54, 1.807) is 0 Å². The molecule has 1 aliphatic carbocycles. The standard InChI is InChI=1S/C11H13F/c1-3-9-5-7-10(4-2)11(12)8-6-9/h5,7,11H,3-4H2,1-2H3. The molecule has 0 spiro atoms. The Morgan fingerprint density at radius 3 is 2.67 bits per heavy atom. The van der Waals surface area contributed by atoms with Crippen LogP contribution in [-0.4, -0.2) is 6.17 Å². The SMILES string of the molecule is CCC1=CC=C(CC)C(F)C#C1. The van der Waals surface area contributed by atoms with E-state index in [0.717, 1.165) is 24.0 Å². The Morgan fingerprint density at radius 1 is 1.33 bits per heavy atom. The van der Waals surface area contributed by atoms with Gasteiger partial charge in [-0.3, -0.25) is 0 Å². The summed E-state index contributed by atoms with van der Waals surface area (Å²) in [5.74, 6) is 5.42. The Bertz CT molecular complexity index is 273. The van der Waals surface area contributed by atoms with Gasteiger partial charge in [-0.05, 0) is 18.4 Å². The maximum absolute atomic E-state index is 13.1. The maximum Gasteiger partial charge on any atom is 0.182 e. The van der Waals surface area contributed by atoms with E-state index in [4.69, 9.17) is 0 Å². The molecule has 0 nitrogen and oxygen atoms in total. The summed E-state index contributed by atoms with van der Waals surface area (Å²) in [6, 6.07) is 0. The second-order valence-electron chi connectivity index (χ2n) is 2.77. The summed E-state index contributed by atoms with van der Waals surface area (Å²) in [7, 11) is 0. The van der Waals surface area contributed by atoms with Gasteiger partial charge in [0.15, 0.2) is 6.17 Å². The molecule has 0 aromatic carbocycles. The third kappa shape index (κ3) is 1.98. The van der Waals surface area contributed by atoms with E-state index in [9.17, 15) is 4.39 Å². The molecule has 0 fully saturated rings. The molecule has 0 aliphatic heterocycles. The molecule has 1 atom stereocenters. The fourth-order valence-electron chi connectivity index (χ4n) is 1.09. The molecule has 0 amide bonds. The van der Waals surface area contributed by atoms with E-state index in [0.29, 0.717) is 0 Å². The summed E-state index contributed by atoms with van der Waals surface area (Å²) in [6.07, 6.45) is 4.33. The summed E-state index contributed by atoms with van der Waals surface area (Å²) in [6.45, 7) is 3.98. The van der Waals surface area contributed by atoms with Crippen molar-refractivity contribution in [2.24, 2.45) is 0 Å². The molecular weight excluding hydrogens is 151 g/mol. The summed E-state index contributed by atoms with van der Waals surface area (Å²) in [5.41, 5.74) is 1.80. The molecule has 64 valence electrons. The highest BCUT2D eigenvalue weighted by Crippen LogP contribution is 2.14. The van der Waals surface area contributed by atoms with E-state index < -0.39 is 6.17 Å². The van der Waals surface area contributed by atoms with Crippen LogP contribution < -0.4 is 0 Å². The van der Waals surface area contributed by atoms with Crippen LogP contribution in [0.25, 0.3) is 0 Å². The van der Waals surface area contributed by atoms with Crippen molar-refractivity contribution in [3.63, 3.8) is 0 Å². The molecule has 0 saturated heterocycles. The number of halogens is 1. The van der Waals surface area contributed by atoms with E-state index >= 15 is 0 Å². The monoisotopic (exact) mass is 164 g/mol. The summed E-state index contributed by atoms with van der Waals surface area (Å²) >= 11 is 0. The summed E-state index contributed by atoms with van der Waals surface area (Å²) in [5, 5.41) is 0. The van der Waals surface area contributed by atoms with Crippen molar-refractivity contribution in [2.75, 3.05) is 0 Å². The summed E-state index contributed by atoms with van der Waals surface area (Å²) < 4.78 is 13.1. The lowest BCUT2D eigenvalue weighted by Crippen LogP contribution is -1.98. The van der Waals surface area contributed by atoms with Crippen molar-refractivity contribution in [2.45, 2.75) is 32.9 Å². The minimum absolute atomic E-state index is 0.739. The zero-order chi connectivity index (χ0) is 8.97. The van der Waals surface area contributed by atoms with Crippen LogP contribution in [0.1, 0.15) is 26.7 Å². The van der Waals surface area contributed by atoms with Gasteiger partial charge >= 0.3 is 0 Å². The minimum atomic E-state index is -1.06. The van der Waals surface area contributed by atoms with Crippen LogP contribution in [0.15, 0.2) is 23.3 Å². The van der Waals surface area contributed by atoms with Crippen LogP contribution in [0.2, 0.25) is 0 Å². The minimum Gasteiger partial charge on any atom is -0.228 e. The predicted molar refractivity (Wildman–Crippen MR) is 49.4 cm³/mol. The fraction of sp³-hybridized carbons (Fsp3) is 0.455. The highest BCUT2D eigenvalue weighted by molar-refractivity contribution is 5.40. The molecule has 1 aliphatic rings. The van der Waals surface area contributed by atoms with Crippen molar-refractivity contribution in [3.8, 4) is 11.8 Å². The number of hydrogen-bond acceptors (Lipinski definition) is 0. The van der Waals surface area contributed by atoms with Gasteiger partial charge in [-0.1, -0.05) is 37.8 Å². The molecule has 0 aromatic heterocycles. The van der Waals surface area contributed by atoms with Gasteiger partial charge in [-0.2, -0.15) is 0 Å². The average molecular weight is 164 g/mol. The van der Waals surface area contributed by atoms with Gasteiger partial charge in [0.05, 0.1) is 0 Å². The smallest absolute Gasteiger partial charge is 0.182 e. The topological polar surface area (TPSA) is 0 Å². The molecule has 0 bridgehead atoms. The fourth-order valence-corrected chi connectivity index (χ4v) is 1.09. The highest BCUT2D eigenvalue weighted by Gasteiger charge is 2.08. The van der Waals surface area contributed by atoms with Crippen molar-refractivity contribution >= 4 is 0 Å². The third-order valence-electron chi connectivity index (χ3n) is 1.97. The van der Waals surface area contributed by atoms with Gasteiger partial charge in [-0.25, -0.2) is 4.39 Å². The molecule has 0 N–H and O–H groups in total. The Hall–Kier alpha value is -1.03. The predicted octanol–water partition coefficient (Wildman–Crippen LogP) is 3.01. The van der Waals surface area contributed by atoms with Crippen LogP contribution in [0.4, 0.5) is 4.39 Å². The van der Waals surface area contributed by atoms with Crippen molar-refractivity contribution in [3.05, 3.63) is 23.3 Å². The Kier molecular flexibility index (Phi) is 3.10. The largest absolute Gasteiger partial charge is 0.228 e. The molecular formula is C11H13F. The second kappa shape index (κ2) is 4.11. The Balaban J connectivity index is 2.89. The molecule has 0 saturated carbocycles. The van der Waals surface area contributed by atoms with Gasteiger partial charge in [0.1, 0.15) is 0 Å². The van der Waals surface area contributed by atoms with E-state index in [-0.39, 0.29) is 0 Å². The van der Waals surface area contributed by atoms with Gasteiger partial charge in [0, 0.05) is 5.57 Å². The number of allylic oxidation sites excluding steroid dienone is 4. The lowest BCUT2D eigenvalue weighted by atomic mass is 10.1. The van der Waals surface area contributed by atoms with Crippen LogP contribution >= 0.6 is 0 Å². The average Bonchev–Trinajstić information content (AvgIpc) is 2.27. The van der Waals surface area contributed by atoms with Crippen LogP contribution in [0.3, 0.4) is 0 Å². The lowest BCUT2D eigenvalue weighted by molar-refractivity contribution is 0.455. The summed E-state index contributed by atoms with van der Waals surface area (Å²) in [4.78, 5) is 0. The second-order valence-corrected chi connectivity index (χ2v) is 2.77. The van der Waals surface area contributed by atoms with Crippen molar-refractivity contribution in [1.29, 1.82) is 0 Å². The highest BCUT2D eigenvalue weighted by atomic mass is 19.1. The number of rotatable bonds is 2. The molecule has 0 radical (unpaired) electrons. The van der Waals surface area contributed by atoms with E-state index in [1.807, 2.05) is 26.0 Å². The zero-order valence-electron chi connectivity index (χ0n) is 7.52. The van der Waals surface area contributed by atoms with Gasteiger partial charge in [0.2, 0.25) is 0 Å². The zero-order valence-corrected chi connectivity index (χ0v) is 7.52. The normalized spacial score (nSPS) is 21.8. The molecule has 1 rings (SSSR count). The van der Waals surface area contributed by atoms with E-state index in [2.05, 4.69) is 11.8 Å². The molecule has 1 unspecified atom stereocenters. The first-order valence-electron chi connectivity index (χ1n) is 4.33. The van der Waals surface area contributed by atoms with Crippen molar-refractivity contribution in [1.82, 2.24) is 0 Å². The van der Waals surface area contributed by atoms with Gasteiger partial charge in [0.25, 0.3) is 0 Å². The molecule has 12 heavy (non-hydrogen) atoms. The first kappa shape index (κ1) is 9.06. The molecule has 1 heteroatoms. The van der Waals surface area contributed by atoms with Crippen LogP contribution in [0.5, 0.6) is 0 Å². The van der Waals surface area contributed by atoms with Gasteiger partial charge < -0.3 is 0 Å². The molecule has 0 aromatic rings. The van der Waals surface area contributed by atoms with E-state index in [1.165, 1.54) is 0 Å². The first-order chi connectivity index (χ1) is 5.77. The van der Waals surface area contributed by atoms with Crippen molar-refractivity contribution < 1.29 is 4.39 Å². The first-order valence-corrected chi connectivity index (χ1v) is 4.33. The van der Waals surface area contributed by atoms with Gasteiger partial charge in [-0.15, -0.1) is 0 Å².